The van der Waals surface area contributed by atoms with Crippen molar-refractivity contribution in [2.24, 2.45) is 0 Å². The maximum Gasteiger partial charge on any atom is 0.291 e. The van der Waals surface area contributed by atoms with Crippen LogP contribution in [0.15, 0.2) is 65.6 Å². The average Bonchev–Trinajstić information content (AvgIpc) is 3.50. The number of rotatable bonds is 6. The molecule has 5 aromatic rings. The Bertz CT molecular complexity index is 1540. The number of hydrogen-bond acceptors (Lipinski definition) is 8. The fourth-order valence-electron chi connectivity index (χ4n) is 3.15. The largest absolute Gasteiger partial charge is 0.486 e. The minimum Gasteiger partial charge on any atom is -0.486 e. The number of nitrogens with one attached hydrogen (secondary N) is 1. The van der Waals surface area contributed by atoms with Gasteiger partial charge in [-0.1, -0.05) is 41.7 Å². The van der Waals surface area contributed by atoms with Gasteiger partial charge in [-0.05, 0) is 18.2 Å². The van der Waals surface area contributed by atoms with Crippen molar-refractivity contribution in [2.45, 2.75) is 6.61 Å². The van der Waals surface area contributed by atoms with Crippen LogP contribution in [0, 0.1) is 10.1 Å². The van der Waals surface area contributed by atoms with Crippen LogP contribution in [0.25, 0.3) is 22.3 Å². The first-order valence-electron chi connectivity index (χ1n) is 9.45. The van der Waals surface area contributed by atoms with Crippen molar-refractivity contribution in [1.29, 1.82) is 0 Å². The first kappa shape index (κ1) is 19.6. The maximum absolute atomic E-state index is 12.8. The van der Waals surface area contributed by atoms with Crippen molar-refractivity contribution in [2.75, 3.05) is 0 Å². The van der Waals surface area contributed by atoms with Gasteiger partial charge in [0.05, 0.1) is 21.3 Å². The molecule has 11 heteroatoms. The smallest absolute Gasteiger partial charge is 0.291 e. The number of aromatic amines is 1. The van der Waals surface area contributed by atoms with Crippen molar-refractivity contribution in [3.05, 3.63) is 97.2 Å². The van der Waals surface area contributed by atoms with Gasteiger partial charge in [0, 0.05) is 23.3 Å². The van der Waals surface area contributed by atoms with Crippen LogP contribution in [0.1, 0.15) is 11.4 Å². The Kier molecular flexibility index (Phi) is 4.92. The lowest BCUT2D eigenvalue weighted by Crippen LogP contribution is -2.24. The zero-order valence-corrected chi connectivity index (χ0v) is 17.2. The van der Waals surface area contributed by atoms with Gasteiger partial charge in [-0.3, -0.25) is 20.0 Å². The van der Waals surface area contributed by atoms with E-state index in [1.54, 1.807) is 24.4 Å². The highest BCUT2D eigenvalue weighted by Gasteiger charge is 2.14. The second kappa shape index (κ2) is 8.04. The van der Waals surface area contributed by atoms with Crippen molar-refractivity contribution >= 4 is 28.1 Å². The van der Waals surface area contributed by atoms with Gasteiger partial charge in [0.2, 0.25) is 4.96 Å². The van der Waals surface area contributed by atoms with Crippen molar-refractivity contribution < 1.29 is 9.66 Å². The fraction of sp³-hybridized carbons (Fsp3) is 0.0476. The number of benzene rings is 2. The average molecular weight is 446 g/mol. The highest BCUT2D eigenvalue weighted by molar-refractivity contribution is 7.15. The lowest BCUT2D eigenvalue weighted by molar-refractivity contribution is -0.384. The molecule has 0 radical (unpaired) electrons. The van der Waals surface area contributed by atoms with Crippen LogP contribution in [-0.2, 0) is 6.61 Å². The lowest BCUT2D eigenvalue weighted by Gasteiger charge is -2.01. The number of nitro groups is 1. The number of nitrogens with zero attached hydrogens (tertiary/aromatic N) is 5. The van der Waals surface area contributed by atoms with Crippen molar-refractivity contribution in [3.63, 3.8) is 0 Å². The van der Waals surface area contributed by atoms with Crippen LogP contribution in [0.2, 0.25) is 0 Å². The van der Waals surface area contributed by atoms with E-state index in [1.165, 1.54) is 28.0 Å². The van der Waals surface area contributed by atoms with E-state index in [2.05, 4.69) is 20.3 Å². The molecule has 0 fully saturated rings. The predicted octanol–water partition coefficient (Wildman–Crippen LogP) is 2.58. The summed E-state index contributed by atoms with van der Waals surface area (Å²) in [6, 6.07) is 15.5. The molecule has 1 N–H and O–H groups in total. The summed E-state index contributed by atoms with van der Waals surface area (Å²) in [6.45, 7) is 0.148. The van der Waals surface area contributed by atoms with Gasteiger partial charge in [0.1, 0.15) is 12.4 Å². The third kappa shape index (κ3) is 3.72. The molecule has 0 unspecified atom stereocenters. The predicted molar refractivity (Wildman–Crippen MR) is 117 cm³/mol. The van der Waals surface area contributed by atoms with Crippen molar-refractivity contribution in [3.8, 4) is 17.0 Å². The van der Waals surface area contributed by atoms with Gasteiger partial charge >= 0.3 is 0 Å². The Morgan fingerprint density at radius 1 is 1.19 bits per heavy atom. The third-order valence-corrected chi connectivity index (χ3v) is 5.60. The maximum atomic E-state index is 12.8. The van der Waals surface area contributed by atoms with E-state index < -0.39 is 4.92 Å². The fourth-order valence-corrected chi connectivity index (χ4v) is 4.07. The first-order chi connectivity index (χ1) is 15.6. The lowest BCUT2D eigenvalue weighted by atomic mass is 10.1. The number of non-ortho nitro benzene ring substituents is 1. The molecule has 0 atom stereocenters. The molecule has 0 spiro atoms. The number of fused-ring (bicyclic) bond motifs is 1. The number of hydrogen-bond donors (Lipinski definition) is 1. The number of ether oxygens (including phenoxy) is 1. The molecule has 32 heavy (non-hydrogen) atoms. The Morgan fingerprint density at radius 3 is 2.81 bits per heavy atom. The van der Waals surface area contributed by atoms with Gasteiger partial charge in [-0.2, -0.15) is 14.6 Å². The van der Waals surface area contributed by atoms with Crippen molar-refractivity contribution in [1.82, 2.24) is 24.8 Å². The topological polar surface area (TPSA) is 128 Å². The zero-order chi connectivity index (χ0) is 22.1. The molecule has 3 aromatic heterocycles. The molecule has 0 aliphatic rings. The second-order valence-corrected chi connectivity index (χ2v) is 7.76. The summed E-state index contributed by atoms with van der Waals surface area (Å²) in [5, 5.41) is 22.2. The Morgan fingerprint density at radius 2 is 2.03 bits per heavy atom. The second-order valence-electron chi connectivity index (χ2n) is 6.75. The minimum atomic E-state index is -0.460. The Labute approximate surface area is 183 Å². The first-order valence-corrected chi connectivity index (χ1v) is 10.3. The normalized spacial score (nSPS) is 11.8. The minimum absolute atomic E-state index is 0.0309. The number of thiazole rings is 1. The summed E-state index contributed by atoms with van der Waals surface area (Å²) in [7, 11) is 0. The Balaban J connectivity index is 1.45. The van der Waals surface area contributed by atoms with E-state index >= 15 is 0 Å². The standard InChI is InChI=1S/C21H14N6O4S/c28-20-17(10-14-11-22-24-19(14)13-5-4-6-15(9-13)27(29)30)32-21-23-18(25-26(20)21)12-31-16-7-2-1-3-8-16/h1-11H,12H2,(H,22,24)/b17-10-. The van der Waals surface area contributed by atoms with E-state index in [-0.39, 0.29) is 17.9 Å². The summed E-state index contributed by atoms with van der Waals surface area (Å²) >= 11 is 1.19. The van der Waals surface area contributed by atoms with Gasteiger partial charge in [0.25, 0.3) is 11.2 Å². The van der Waals surface area contributed by atoms with E-state index in [0.717, 1.165) is 0 Å². The number of aromatic nitrogens is 5. The molecule has 10 nitrogen and oxygen atoms in total. The van der Waals surface area contributed by atoms with Crippen LogP contribution in [-0.4, -0.2) is 29.7 Å². The number of para-hydroxylation sites is 1. The molecule has 0 saturated carbocycles. The highest BCUT2D eigenvalue weighted by Crippen LogP contribution is 2.25. The zero-order valence-electron chi connectivity index (χ0n) is 16.3. The van der Waals surface area contributed by atoms with E-state index in [1.807, 2.05) is 30.3 Å². The van der Waals surface area contributed by atoms with Gasteiger partial charge in [0.15, 0.2) is 5.82 Å². The van der Waals surface area contributed by atoms with Gasteiger partial charge in [-0.25, -0.2) is 0 Å². The van der Waals surface area contributed by atoms with E-state index in [0.29, 0.717) is 37.9 Å². The monoisotopic (exact) mass is 446 g/mol. The number of H-pyrrole nitrogens is 1. The quantitative estimate of drug-likeness (QED) is 0.314. The van der Waals surface area contributed by atoms with Crippen LogP contribution >= 0.6 is 11.3 Å². The summed E-state index contributed by atoms with van der Waals surface area (Å²) < 4.78 is 7.30. The van der Waals surface area contributed by atoms with Gasteiger partial charge < -0.3 is 4.74 Å². The SMILES string of the molecule is O=c1/c(=C/c2cn[nH]c2-c2cccc([N+](=O)[O-])c2)sc2nc(COc3ccccc3)nn12. The molecule has 5 rings (SSSR count). The molecule has 0 aliphatic heterocycles. The molecule has 3 heterocycles. The van der Waals surface area contributed by atoms with Crippen LogP contribution in [0.4, 0.5) is 5.69 Å². The highest BCUT2D eigenvalue weighted by atomic mass is 32.1. The van der Waals surface area contributed by atoms with Crippen LogP contribution < -0.4 is 14.8 Å². The molecule has 0 amide bonds. The Hall–Kier alpha value is -4.38. The van der Waals surface area contributed by atoms with Crippen LogP contribution in [0.3, 0.4) is 0 Å². The summed E-state index contributed by atoms with van der Waals surface area (Å²) in [6.07, 6.45) is 3.23. The third-order valence-electron chi connectivity index (χ3n) is 4.64. The molecule has 0 saturated heterocycles. The van der Waals surface area contributed by atoms with Crippen LogP contribution in [0.5, 0.6) is 5.75 Å². The molecule has 0 bridgehead atoms. The molecule has 158 valence electrons. The summed E-state index contributed by atoms with van der Waals surface area (Å²) in [5.74, 6) is 1.10. The molecule has 2 aromatic carbocycles. The molecular formula is C21H14N6O4S. The summed E-state index contributed by atoms with van der Waals surface area (Å²) in [4.78, 5) is 28.3. The van der Waals surface area contributed by atoms with Gasteiger partial charge in [-0.15, -0.1) is 5.10 Å². The molecule has 0 aliphatic carbocycles. The summed E-state index contributed by atoms with van der Waals surface area (Å²) in [5.41, 5.74) is 1.45. The van der Waals surface area contributed by atoms with E-state index in [9.17, 15) is 14.9 Å². The van der Waals surface area contributed by atoms with E-state index in [4.69, 9.17) is 4.74 Å². The number of nitro benzene ring substituents is 1. The molecular weight excluding hydrogens is 432 g/mol.